The molecule has 0 spiro atoms. The lowest BCUT2D eigenvalue weighted by atomic mass is 9.79. The summed E-state index contributed by atoms with van der Waals surface area (Å²) in [6, 6.07) is 22.9. The Labute approximate surface area is 170 Å². The monoisotopic (exact) mass is 390 g/mol. The molecule has 4 heteroatoms. The van der Waals surface area contributed by atoms with Crippen LogP contribution in [0, 0.1) is 5.82 Å². The number of para-hydroxylation sites is 1. The molecular weight excluding hydrogens is 367 g/mol. The zero-order valence-corrected chi connectivity index (χ0v) is 16.1. The summed E-state index contributed by atoms with van der Waals surface area (Å²) in [7, 11) is 0. The Bertz CT molecular complexity index is 964. The number of carbonyl (C=O) groups is 1. The third-order valence-electron chi connectivity index (χ3n) is 5.39. The lowest BCUT2D eigenvalue weighted by Crippen LogP contribution is -2.35. The first-order valence-corrected chi connectivity index (χ1v) is 9.98. The Balaban J connectivity index is 1.62. The van der Waals surface area contributed by atoms with Crippen LogP contribution < -0.4 is 9.47 Å². The van der Waals surface area contributed by atoms with E-state index in [1.165, 1.54) is 18.2 Å². The number of hydrogen-bond donors (Lipinski definition) is 0. The second kappa shape index (κ2) is 8.48. The molecule has 148 valence electrons. The highest BCUT2D eigenvalue weighted by Crippen LogP contribution is 2.42. The molecule has 0 heterocycles. The number of halogens is 1. The number of benzene rings is 3. The molecule has 29 heavy (non-hydrogen) atoms. The standard InChI is InChI=1S/C25H23FO3/c26-22-15-14-19(24(27)28-21-12-6-2-7-13-21)18-23(22)29-25(16-8-3-9-17-25)20-10-4-1-5-11-20/h1-2,4-7,10-15,18H,3,8-9,16-17H2. The Kier molecular flexibility index (Phi) is 5.61. The van der Waals surface area contributed by atoms with Crippen molar-refractivity contribution < 1.29 is 18.7 Å². The van der Waals surface area contributed by atoms with Crippen molar-refractivity contribution in [2.45, 2.75) is 37.7 Å². The quantitative estimate of drug-likeness (QED) is 0.380. The highest BCUT2D eigenvalue weighted by molar-refractivity contribution is 5.91. The summed E-state index contributed by atoms with van der Waals surface area (Å²) in [5.41, 5.74) is 0.711. The van der Waals surface area contributed by atoms with Crippen LogP contribution in [0.4, 0.5) is 4.39 Å². The maximum Gasteiger partial charge on any atom is 0.343 e. The highest BCUT2D eigenvalue weighted by Gasteiger charge is 2.37. The maximum atomic E-state index is 14.6. The molecule has 1 saturated carbocycles. The van der Waals surface area contributed by atoms with E-state index in [1.807, 2.05) is 36.4 Å². The lowest BCUT2D eigenvalue weighted by molar-refractivity contribution is 0.0225. The van der Waals surface area contributed by atoms with Crippen molar-refractivity contribution in [3.8, 4) is 11.5 Å². The minimum Gasteiger partial charge on any atom is -0.479 e. The van der Waals surface area contributed by atoms with Gasteiger partial charge < -0.3 is 9.47 Å². The van der Waals surface area contributed by atoms with Crippen LogP contribution in [0.5, 0.6) is 11.5 Å². The van der Waals surface area contributed by atoms with Crippen LogP contribution in [-0.2, 0) is 5.60 Å². The molecule has 0 unspecified atom stereocenters. The van der Waals surface area contributed by atoms with E-state index in [0.717, 1.165) is 37.7 Å². The van der Waals surface area contributed by atoms with Gasteiger partial charge in [0.25, 0.3) is 0 Å². The van der Waals surface area contributed by atoms with Gasteiger partial charge >= 0.3 is 5.97 Å². The van der Waals surface area contributed by atoms with Crippen molar-refractivity contribution in [2.24, 2.45) is 0 Å². The van der Waals surface area contributed by atoms with Gasteiger partial charge in [-0.25, -0.2) is 9.18 Å². The SMILES string of the molecule is O=C(Oc1ccccc1)c1ccc(F)c(OC2(c3ccccc3)CCCCC2)c1. The fourth-order valence-corrected chi connectivity index (χ4v) is 3.89. The Morgan fingerprint density at radius 1 is 0.828 bits per heavy atom. The number of rotatable bonds is 5. The minimum absolute atomic E-state index is 0.0817. The second-order valence-corrected chi connectivity index (χ2v) is 7.37. The van der Waals surface area contributed by atoms with Crippen molar-refractivity contribution in [1.82, 2.24) is 0 Å². The van der Waals surface area contributed by atoms with E-state index >= 15 is 0 Å². The molecule has 3 aromatic rings. The predicted molar refractivity (Wildman–Crippen MR) is 110 cm³/mol. The minimum atomic E-state index is -0.581. The molecule has 0 bridgehead atoms. The molecular formula is C25H23FO3. The van der Waals surface area contributed by atoms with Crippen LogP contribution in [0.1, 0.15) is 48.0 Å². The summed E-state index contributed by atoms with van der Waals surface area (Å²) in [4.78, 5) is 12.5. The van der Waals surface area contributed by atoms with Gasteiger partial charge in [0.15, 0.2) is 11.6 Å². The van der Waals surface area contributed by atoms with Crippen molar-refractivity contribution in [3.05, 3.63) is 95.8 Å². The van der Waals surface area contributed by atoms with E-state index < -0.39 is 17.4 Å². The molecule has 1 aliphatic carbocycles. The number of hydrogen-bond acceptors (Lipinski definition) is 3. The molecule has 0 atom stereocenters. The first kappa shape index (κ1) is 19.2. The summed E-state index contributed by atoms with van der Waals surface area (Å²) >= 11 is 0. The first-order chi connectivity index (χ1) is 14.2. The van der Waals surface area contributed by atoms with Gasteiger partial charge in [0.2, 0.25) is 0 Å². The van der Waals surface area contributed by atoms with Crippen molar-refractivity contribution >= 4 is 5.97 Å². The van der Waals surface area contributed by atoms with Crippen LogP contribution in [0.2, 0.25) is 0 Å². The Morgan fingerprint density at radius 2 is 1.48 bits per heavy atom. The molecule has 0 saturated heterocycles. The zero-order chi connectivity index (χ0) is 20.1. The average molecular weight is 390 g/mol. The topological polar surface area (TPSA) is 35.5 Å². The van der Waals surface area contributed by atoms with Crippen LogP contribution in [0.25, 0.3) is 0 Å². The Hall–Kier alpha value is -3.14. The van der Waals surface area contributed by atoms with E-state index in [0.29, 0.717) is 5.75 Å². The first-order valence-electron chi connectivity index (χ1n) is 9.98. The molecule has 0 aliphatic heterocycles. The molecule has 4 rings (SSSR count). The third-order valence-corrected chi connectivity index (χ3v) is 5.39. The number of esters is 1. The smallest absolute Gasteiger partial charge is 0.343 e. The van der Waals surface area contributed by atoms with Gasteiger partial charge in [-0.05, 0) is 61.6 Å². The molecule has 0 N–H and O–H groups in total. The fraction of sp³-hybridized carbons (Fsp3) is 0.240. The van der Waals surface area contributed by atoms with E-state index in [4.69, 9.17) is 9.47 Å². The van der Waals surface area contributed by atoms with E-state index in [9.17, 15) is 9.18 Å². The molecule has 3 nitrogen and oxygen atoms in total. The van der Waals surface area contributed by atoms with E-state index in [1.54, 1.807) is 24.3 Å². The van der Waals surface area contributed by atoms with E-state index in [-0.39, 0.29) is 11.3 Å². The fourth-order valence-electron chi connectivity index (χ4n) is 3.89. The second-order valence-electron chi connectivity index (χ2n) is 7.37. The third kappa shape index (κ3) is 4.32. The van der Waals surface area contributed by atoms with Gasteiger partial charge in [-0.1, -0.05) is 55.0 Å². The van der Waals surface area contributed by atoms with Crippen molar-refractivity contribution in [1.29, 1.82) is 0 Å². The molecule has 0 amide bonds. The van der Waals surface area contributed by atoms with Crippen molar-refractivity contribution in [2.75, 3.05) is 0 Å². The van der Waals surface area contributed by atoms with Gasteiger partial charge in [-0.3, -0.25) is 0 Å². The molecule has 1 aliphatic rings. The number of carbonyl (C=O) groups excluding carboxylic acids is 1. The summed E-state index contributed by atoms with van der Waals surface area (Å²) in [6.45, 7) is 0. The van der Waals surface area contributed by atoms with Gasteiger partial charge in [-0.15, -0.1) is 0 Å². The molecule has 0 radical (unpaired) electrons. The van der Waals surface area contributed by atoms with Gasteiger partial charge in [0.1, 0.15) is 11.4 Å². The van der Waals surface area contributed by atoms with Crippen LogP contribution in [-0.4, -0.2) is 5.97 Å². The van der Waals surface area contributed by atoms with Crippen molar-refractivity contribution in [3.63, 3.8) is 0 Å². The van der Waals surface area contributed by atoms with Crippen LogP contribution in [0.3, 0.4) is 0 Å². The average Bonchev–Trinajstić information content (AvgIpc) is 2.77. The highest BCUT2D eigenvalue weighted by atomic mass is 19.1. The molecule has 3 aromatic carbocycles. The van der Waals surface area contributed by atoms with Crippen LogP contribution in [0.15, 0.2) is 78.9 Å². The summed E-state index contributed by atoms with van der Waals surface area (Å²) in [6.07, 6.45) is 4.81. The normalized spacial score (nSPS) is 15.5. The summed E-state index contributed by atoms with van der Waals surface area (Å²) in [5.74, 6) is -0.504. The predicted octanol–water partition coefficient (Wildman–Crippen LogP) is 6.28. The van der Waals surface area contributed by atoms with Crippen LogP contribution >= 0.6 is 0 Å². The van der Waals surface area contributed by atoms with Gasteiger partial charge in [-0.2, -0.15) is 0 Å². The summed E-state index contributed by atoms with van der Waals surface area (Å²) in [5, 5.41) is 0. The maximum absolute atomic E-state index is 14.6. The van der Waals surface area contributed by atoms with Gasteiger partial charge in [0, 0.05) is 0 Å². The number of ether oxygens (including phenoxy) is 2. The summed E-state index contributed by atoms with van der Waals surface area (Å²) < 4.78 is 26.3. The molecule has 1 fully saturated rings. The molecule has 0 aromatic heterocycles. The Morgan fingerprint density at radius 3 is 2.17 bits per heavy atom. The largest absolute Gasteiger partial charge is 0.479 e. The zero-order valence-electron chi connectivity index (χ0n) is 16.1. The van der Waals surface area contributed by atoms with Gasteiger partial charge in [0.05, 0.1) is 5.56 Å². The van der Waals surface area contributed by atoms with E-state index in [2.05, 4.69) is 0 Å². The lowest BCUT2D eigenvalue weighted by Gasteiger charge is -2.38.